The zero-order valence-corrected chi connectivity index (χ0v) is 8.53. The van der Waals surface area contributed by atoms with Gasteiger partial charge in [0.15, 0.2) is 0 Å². The third-order valence-corrected chi connectivity index (χ3v) is 2.10. The van der Waals surface area contributed by atoms with Gasteiger partial charge in [-0.05, 0) is 6.07 Å². The molecule has 0 saturated heterocycles. The highest BCUT2D eigenvalue weighted by Crippen LogP contribution is 2.11. The van der Waals surface area contributed by atoms with Gasteiger partial charge in [0.05, 0.1) is 5.52 Å². The molecular weight excluding hydrogens is 214 g/mol. The predicted molar refractivity (Wildman–Crippen MR) is 58.9 cm³/mol. The summed E-state index contributed by atoms with van der Waals surface area (Å²) in [5.41, 5.74) is 0.789. The summed E-state index contributed by atoms with van der Waals surface area (Å²) in [6, 6.07) is 7.54. The zero-order chi connectivity index (χ0) is 10.7. The normalized spacial score (nSPS) is 10.2. The van der Waals surface area contributed by atoms with Crippen LogP contribution in [-0.4, -0.2) is 21.8 Å². The third-order valence-electron chi connectivity index (χ3n) is 1.86. The Balaban J connectivity index is 2.34. The maximum atomic E-state index is 11.0. The van der Waals surface area contributed by atoms with Crippen LogP contribution in [0.1, 0.15) is 0 Å². The van der Waals surface area contributed by atoms with Crippen molar-refractivity contribution in [3.63, 3.8) is 0 Å². The Hall–Kier alpha value is -1.68. The van der Waals surface area contributed by atoms with Crippen LogP contribution in [0.2, 0.25) is 0 Å². The van der Waals surface area contributed by atoms with Crippen molar-refractivity contribution >= 4 is 34.4 Å². The summed E-state index contributed by atoms with van der Waals surface area (Å²) in [5.74, 6) is -0.137. The van der Waals surface area contributed by atoms with Gasteiger partial charge in [0.25, 0.3) is 0 Å². The summed E-state index contributed by atoms with van der Waals surface area (Å²) in [6.07, 6.45) is 1.66. The number of para-hydroxylation sites is 1. The predicted octanol–water partition coefficient (Wildman–Crippen LogP) is 1.81. The van der Waals surface area contributed by atoms with Crippen molar-refractivity contribution in [2.75, 3.05) is 11.2 Å². The maximum absolute atomic E-state index is 11.0. The van der Waals surface area contributed by atoms with Gasteiger partial charge in [-0.25, -0.2) is 9.97 Å². The summed E-state index contributed by atoms with van der Waals surface area (Å²) in [7, 11) is 0. The van der Waals surface area contributed by atoms with Gasteiger partial charge in [-0.2, -0.15) is 0 Å². The van der Waals surface area contributed by atoms with Gasteiger partial charge in [-0.3, -0.25) is 10.1 Å². The Morgan fingerprint density at radius 1 is 1.40 bits per heavy atom. The number of benzene rings is 1. The van der Waals surface area contributed by atoms with Crippen molar-refractivity contribution in [2.45, 2.75) is 0 Å². The van der Waals surface area contributed by atoms with Crippen molar-refractivity contribution in [1.29, 1.82) is 0 Å². The maximum Gasteiger partial charge on any atom is 0.241 e. The molecule has 1 aromatic heterocycles. The van der Waals surface area contributed by atoms with Crippen LogP contribution >= 0.6 is 11.6 Å². The lowest BCUT2D eigenvalue weighted by molar-refractivity contribution is -0.114. The van der Waals surface area contributed by atoms with Gasteiger partial charge in [-0.15, -0.1) is 11.6 Å². The number of halogens is 1. The highest BCUT2D eigenvalue weighted by Gasteiger charge is 2.03. The molecule has 2 rings (SSSR count). The minimum atomic E-state index is -0.313. The van der Waals surface area contributed by atoms with Crippen molar-refractivity contribution in [3.05, 3.63) is 30.5 Å². The van der Waals surface area contributed by atoms with E-state index < -0.39 is 0 Å². The second-order valence-electron chi connectivity index (χ2n) is 2.93. The molecule has 1 aromatic carbocycles. The number of carbonyl (C=O) groups is 1. The lowest BCUT2D eigenvalue weighted by Gasteiger charge is -2.01. The van der Waals surface area contributed by atoms with Gasteiger partial charge in [0.2, 0.25) is 11.9 Å². The fourth-order valence-electron chi connectivity index (χ4n) is 1.19. The van der Waals surface area contributed by atoms with Crippen LogP contribution < -0.4 is 5.32 Å². The first-order valence-corrected chi connectivity index (χ1v) is 4.90. The second-order valence-corrected chi connectivity index (χ2v) is 3.20. The van der Waals surface area contributed by atoms with Crippen molar-refractivity contribution < 1.29 is 4.79 Å². The molecule has 76 valence electrons. The Morgan fingerprint density at radius 3 is 3.00 bits per heavy atom. The molecule has 1 amide bonds. The monoisotopic (exact) mass is 221 g/mol. The fraction of sp³-hybridized carbons (Fsp3) is 0.100. The number of anilines is 1. The number of alkyl halides is 1. The Kier molecular flexibility index (Phi) is 2.78. The molecule has 15 heavy (non-hydrogen) atoms. The molecule has 0 aliphatic carbocycles. The van der Waals surface area contributed by atoms with Gasteiger partial charge < -0.3 is 0 Å². The summed E-state index contributed by atoms with van der Waals surface area (Å²) in [4.78, 5) is 19.1. The highest BCUT2D eigenvalue weighted by molar-refractivity contribution is 6.28. The fourth-order valence-corrected chi connectivity index (χ4v) is 1.26. The Labute approximate surface area is 91.3 Å². The van der Waals surface area contributed by atoms with Gasteiger partial charge in [-0.1, -0.05) is 18.2 Å². The van der Waals surface area contributed by atoms with Gasteiger partial charge >= 0.3 is 0 Å². The summed E-state index contributed by atoms with van der Waals surface area (Å²) in [6.45, 7) is 0. The van der Waals surface area contributed by atoms with E-state index in [4.69, 9.17) is 11.6 Å². The van der Waals surface area contributed by atoms with Crippen LogP contribution in [0.15, 0.2) is 30.5 Å². The first-order valence-electron chi connectivity index (χ1n) is 4.37. The molecule has 0 aliphatic heterocycles. The largest absolute Gasteiger partial charge is 0.293 e. The van der Waals surface area contributed by atoms with E-state index in [-0.39, 0.29) is 17.7 Å². The summed E-state index contributed by atoms with van der Waals surface area (Å²) >= 11 is 5.35. The summed E-state index contributed by atoms with van der Waals surface area (Å²) < 4.78 is 0. The molecule has 5 heteroatoms. The SMILES string of the molecule is O=C(CCl)Nc1ncc2ccccc2n1. The van der Waals surface area contributed by atoms with E-state index in [1.165, 1.54) is 0 Å². The molecular formula is C10H8ClN3O. The van der Waals surface area contributed by atoms with E-state index in [1.54, 1.807) is 6.20 Å². The minimum absolute atomic E-state index is 0.101. The van der Waals surface area contributed by atoms with Gasteiger partial charge in [0.1, 0.15) is 5.88 Å². The van der Waals surface area contributed by atoms with E-state index in [1.807, 2.05) is 24.3 Å². The van der Waals surface area contributed by atoms with E-state index >= 15 is 0 Å². The van der Waals surface area contributed by atoms with E-state index in [0.717, 1.165) is 10.9 Å². The van der Waals surface area contributed by atoms with Crippen LogP contribution in [-0.2, 0) is 4.79 Å². The number of hydrogen-bond acceptors (Lipinski definition) is 3. The average molecular weight is 222 g/mol. The van der Waals surface area contributed by atoms with Crippen LogP contribution in [0, 0.1) is 0 Å². The quantitative estimate of drug-likeness (QED) is 0.787. The van der Waals surface area contributed by atoms with Crippen LogP contribution in [0.5, 0.6) is 0 Å². The highest BCUT2D eigenvalue weighted by atomic mass is 35.5. The first kappa shape index (κ1) is 9.86. The topological polar surface area (TPSA) is 54.9 Å². The molecule has 0 spiro atoms. The molecule has 0 radical (unpaired) electrons. The number of nitrogens with zero attached hydrogens (tertiary/aromatic N) is 2. The summed E-state index contributed by atoms with van der Waals surface area (Å²) in [5, 5.41) is 3.42. The van der Waals surface area contributed by atoms with Crippen molar-refractivity contribution in [3.8, 4) is 0 Å². The molecule has 0 unspecified atom stereocenters. The number of amides is 1. The lowest BCUT2D eigenvalue weighted by atomic mass is 10.2. The number of rotatable bonds is 2. The molecule has 0 bridgehead atoms. The zero-order valence-electron chi connectivity index (χ0n) is 7.77. The molecule has 2 aromatic rings. The van der Waals surface area contributed by atoms with Crippen LogP contribution in [0.4, 0.5) is 5.95 Å². The molecule has 1 heterocycles. The average Bonchev–Trinajstić information content (AvgIpc) is 2.29. The molecule has 1 N–H and O–H groups in total. The molecule has 4 nitrogen and oxygen atoms in total. The molecule has 0 saturated carbocycles. The number of fused-ring (bicyclic) bond motifs is 1. The number of hydrogen-bond donors (Lipinski definition) is 1. The Bertz CT molecular complexity index is 501. The number of carbonyl (C=O) groups excluding carboxylic acids is 1. The van der Waals surface area contributed by atoms with Crippen molar-refractivity contribution in [2.24, 2.45) is 0 Å². The smallest absolute Gasteiger partial charge is 0.241 e. The number of aromatic nitrogens is 2. The first-order chi connectivity index (χ1) is 7.29. The van der Waals surface area contributed by atoms with E-state index in [0.29, 0.717) is 0 Å². The van der Waals surface area contributed by atoms with E-state index in [2.05, 4.69) is 15.3 Å². The minimum Gasteiger partial charge on any atom is -0.293 e. The Morgan fingerprint density at radius 2 is 2.20 bits per heavy atom. The molecule has 0 fully saturated rings. The van der Waals surface area contributed by atoms with Gasteiger partial charge in [0, 0.05) is 11.6 Å². The van der Waals surface area contributed by atoms with Crippen LogP contribution in [0.3, 0.4) is 0 Å². The number of nitrogens with one attached hydrogen (secondary N) is 1. The molecule has 0 aliphatic rings. The van der Waals surface area contributed by atoms with Crippen LogP contribution in [0.25, 0.3) is 10.9 Å². The standard InChI is InChI=1S/C10H8ClN3O/c11-5-9(15)14-10-12-6-7-3-1-2-4-8(7)13-10/h1-4,6H,5H2,(H,12,13,14,15). The lowest BCUT2D eigenvalue weighted by Crippen LogP contribution is -2.14. The van der Waals surface area contributed by atoms with Crippen molar-refractivity contribution in [1.82, 2.24) is 9.97 Å². The third kappa shape index (κ3) is 2.22. The second kappa shape index (κ2) is 4.23. The van der Waals surface area contributed by atoms with E-state index in [9.17, 15) is 4.79 Å². The molecule has 0 atom stereocenters.